The van der Waals surface area contributed by atoms with Gasteiger partial charge < -0.3 is 20.9 Å². The minimum atomic E-state index is -0.0746. The van der Waals surface area contributed by atoms with Crippen molar-refractivity contribution in [2.75, 3.05) is 31.6 Å². The topological polar surface area (TPSA) is 68.8 Å². The maximum absolute atomic E-state index is 11.7. The SMILES string of the molecule is CCNC(=NCc1ccc(C(=O)NC)cc1)NC1CCN(c2ccc(C)cc2)C1.I. The Morgan fingerprint density at radius 1 is 1.13 bits per heavy atom. The number of hydrogen-bond donors (Lipinski definition) is 3. The van der Waals surface area contributed by atoms with Gasteiger partial charge in [-0.15, -0.1) is 24.0 Å². The van der Waals surface area contributed by atoms with Gasteiger partial charge in [0.15, 0.2) is 5.96 Å². The fourth-order valence-corrected chi connectivity index (χ4v) is 3.46. The number of nitrogens with one attached hydrogen (secondary N) is 3. The van der Waals surface area contributed by atoms with Crippen LogP contribution in [0.15, 0.2) is 53.5 Å². The average Bonchev–Trinajstić information content (AvgIpc) is 3.21. The van der Waals surface area contributed by atoms with Gasteiger partial charge in [0.05, 0.1) is 6.54 Å². The molecule has 1 aliphatic rings. The van der Waals surface area contributed by atoms with Crippen molar-refractivity contribution in [1.82, 2.24) is 16.0 Å². The van der Waals surface area contributed by atoms with Gasteiger partial charge in [0.2, 0.25) is 0 Å². The number of halogens is 1. The van der Waals surface area contributed by atoms with E-state index in [1.807, 2.05) is 24.3 Å². The van der Waals surface area contributed by atoms with Gasteiger partial charge >= 0.3 is 0 Å². The Morgan fingerprint density at radius 2 is 1.83 bits per heavy atom. The third kappa shape index (κ3) is 6.62. The molecule has 0 aromatic heterocycles. The first-order valence-corrected chi connectivity index (χ1v) is 10.3. The molecule has 7 heteroatoms. The summed E-state index contributed by atoms with van der Waals surface area (Å²) in [5.74, 6) is 0.757. The number of carbonyl (C=O) groups excluding carboxylic acids is 1. The van der Waals surface area contributed by atoms with Gasteiger partial charge in [-0.2, -0.15) is 0 Å². The van der Waals surface area contributed by atoms with E-state index in [-0.39, 0.29) is 29.9 Å². The van der Waals surface area contributed by atoms with Crippen molar-refractivity contribution in [2.45, 2.75) is 32.9 Å². The van der Waals surface area contributed by atoms with E-state index in [1.54, 1.807) is 7.05 Å². The normalized spacial score (nSPS) is 16.0. The Morgan fingerprint density at radius 3 is 2.47 bits per heavy atom. The van der Waals surface area contributed by atoms with Crippen LogP contribution in [0.5, 0.6) is 0 Å². The smallest absolute Gasteiger partial charge is 0.251 e. The Labute approximate surface area is 196 Å². The first-order valence-electron chi connectivity index (χ1n) is 10.3. The third-order valence-corrected chi connectivity index (χ3v) is 5.14. The van der Waals surface area contributed by atoms with E-state index in [1.165, 1.54) is 11.3 Å². The fourth-order valence-electron chi connectivity index (χ4n) is 3.46. The molecule has 0 radical (unpaired) electrons. The Bertz CT molecular complexity index is 836. The number of rotatable bonds is 6. The van der Waals surface area contributed by atoms with Gasteiger partial charge in [-0.1, -0.05) is 29.8 Å². The van der Waals surface area contributed by atoms with E-state index >= 15 is 0 Å². The van der Waals surface area contributed by atoms with Gasteiger partial charge in [0, 0.05) is 44.0 Å². The van der Waals surface area contributed by atoms with E-state index in [0.29, 0.717) is 18.2 Å². The molecular formula is C23H32IN5O. The molecule has 1 atom stereocenters. The first-order chi connectivity index (χ1) is 14.1. The molecule has 1 unspecified atom stereocenters. The second-order valence-corrected chi connectivity index (χ2v) is 7.38. The van der Waals surface area contributed by atoms with E-state index in [2.05, 4.69) is 59.0 Å². The lowest BCUT2D eigenvalue weighted by Gasteiger charge is -2.20. The highest BCUT2D eigenvalue weighted by atomic mass is 127. The summed E-state index contributed by atoms with van der Waals surface area (Å²) in [7, 11) is 1.64. The van der Waals surface area contributed by atoms with Crippen LogP contribution >= 0.6 is 24.0 Å². The maximum Gasteiger partial charge on any atom is 0.251 e. The van der Waals surface area contributed by atoms with E-state index in [4.69, 9.17) is 4.99 Å². The summed E-state index contributed by atoms with van der Waals surface area (Å²) in [4.78, 5) is 18.8. The fraction of sp³-hybridized carbons (Fsp3) is 0.391. The number of nitrogens with zero attached hydrogens (tertiary/aromatic N) is 2. The Hall–Kier alpha value is -2.29. The standard InChI is InChI=1S/C23H31N5O.HI/c1-4-25-23(26-15-18-7-9-19(10-8-18)22(29)24-3)27-20-13-14-28(16-20)21-11-5-17(2)6-12-21;/h5-12,20H,4,13-16H2,1-3H3,(H,24,29)(H2,25,26,27);1H. The molecule has 1 heterocycles. The van der Waals surface area contributed by atoms with Crippen molar-refractivity contribution < 1.29 is 4.79 Å². The number of guanidine groups is 1. The van der Waals surface area contributed by atoms with Crippen LogP contribution in [0, 0.1) is 6.92 Å². The number of aryl methyl sites for hydroxylation is 1. The van der Waals surface area contributed by atoms with Crippen LogP contribution < -0.4 is 20.9 Å². The molecule has 1 fully saturated rings. The summed E-state index contributed by atoms with van der Waals surface area (Å²) in [5.41, 5.74) is 4.29. The van der Waals surface area contributed by atoms with Crippen LogP contribution in [-0.4, -0.2) is 44.6 Å². The van der Waals surface area contributed by atoms with Crippen molar-refractivity contribution in [1.29, 1.82) is 0 Å². The third-order valence-electron chi connectivity index (χ3n) is 5.14. The van der Waals surface area contributed by atoms with Crippen molar-refractivity contribution >= 4 is 41.5 Å². The molecule has 2 aromatic carbocycles. The summed E-state index contributed by atoms with van der Waals surface area (Å²) in [6.07, 6.45) is 1.08. The summed E-state index contributed by atoms with van der Waals surface area (Å²) < 4.78 is 0. The molecule has 2 aromatic rings. The molecule has 6 nitrogen and oxygen atoms in total. The zero-order chi connectivity index (χ0) is 20.6. The van der Waals surface area contributed by atoms with Crippen molar-refractivity contribution in [3.05, 3.63) is 65.2 Å². The van der Waals surface area contributed by atoms with Crippen LogP contribution in [0.4, 0.5) is 5.69 Å². The monoisotopic (exact) mass is 521 g/mol. The zero-order valence-electron chi connectivity index (χ0n) is 17.9. The highest BCUT2D eigenvalue weighted by Gasteiger charge is 2.23. The van der Waals surface area contributed by atoms with Crippen molar-refractivity contribution in [3.8, 4) is 0 Å². The highest BCUT2D eigenvalue weighted by molar-refractivity contribution is 14.0. The number of anilines is 1. The van der Waals surface area contributed by atoms with E-state index in [9.17, 15) is 4.79 Å². The molecule has 3 N–H and O–H groups in total. The maximum atomic E-state index is 11.7. The molecule has 162 valence electrons. The second kappa shape index (κ2) is 11.8. The van der Waals surface area contributed by atoms with Crippen LogP contribution in [0.3, 0.4) is 0 Å². The predicted octanol–water partition coefficient (Wildman–Crippen LogP) is 3.31. The molecule has 0 aliphatic carbocycles. The van der Waals surface area contributed by atoms with Gasteiger partial charge in [-0.25, -0.2) is 4.99 Å². The summed E-state index contributed by atoms with van der Waals surface area (Å²) in [6, 6.07) is 16.6. The minimum Gasteiger partial charge on any atom is -0.369 e. The predicted molar refractivity (Wildman–Crippen MR) is 135 cm³/mol. The zero-order valence-corrected chi connectivity index (χ0v) is 20.3. The summed E-state index contributed by atoms with van der Waals surface area (Å²) in [6.45, 7) is 7.58. The average molecular weight is 521 g/mol. The molecule has 0 saturated carbocycles. The van der Waals surface area contributed by atoms with Crippen LogP contribution in [-0.2, 0) is 6.54 Å². The van der Waals surface area contributed by atoms with Gasteiger partial charge in [0.1, 0.15) is 0 Å². The van der Waals surface area contributed by atoms with Gasteiger partial charge in [-0.3, -0.25) is 4.79 Å². The number of hydrogen-bond acceptors (Lipinski definition) is 3. The number of carbonyl (C=O) groups is 1. The molecule has 3 rings (SSSR count). The molecule has 0 spiro atoms. The molecular weight excluding hydrogens is 489 g/mol. The number of amides is 1. The molecule has 1 saturated heterocycles. The summed E-state index contributed by atoms with van der Waals surface area (Å²) in [5, 5.41) is 9.54. The highest BCUT2D eigenvalue weighted by Crippen LogP contribution is 2.20. The van der Waals surface area contributed by atoms with Gasteiger partial charge in [0.25, 0.3) is 5.91 Å². The minimum absolute atomic E-state index is 0. The lowest BCUT2D eigenvalue weighted by atomic mass is 10.1. The van der Waals surface area contributed by atoms with Gasteiger partial charge in [-0.05, 0) is 50.1 Å². The van der Waals surface area contributed by atoms with Crippen LogP contribution in [0.2, 0.25) is 0 Å². The van der Waals surface area contributed by atoms with E-state index < -0.39 is 0 Å². The summed E-state index contributed by atoms with van der Waals surface area (Å²) >= 11 is 0. The number of benzene rings is 2. The molecule has 30 heavy (non-hydrogen) atoms. The lowest BCUT2D eigenvalue weighted by molar-refractivity contribution is 0.0963. The molecule has 0 bridgehead atoms. The Balaban J connectivity index is 0.00000320. The Kier molecular flexibility index (Phi) is 9.42. The van der Waals surface area contributed by atoms with Crippen LogP contribution in [0.25, 0.3) is 0 Å². The largest absolute Gasteiger partial charge is 0.369 e. The second-order valence-electron chi connectivity index (χ2n) is 7.38. The quantitative estimate of drug-likeness (QED) is 0.310. The van der Waals surface area contributed by atoms with Crippen LogP contribution in [0.1, 0.15) is 34.8 Å². The molecule has 1 amide bonds. The number of aliphatic imine (C=N–C) groups is 1. The lowest BCUT2D eigenvalue weighted by Crippen LogP contribution is -2.44. The van der Waals surface area contributed by atoms with E-state index in [0.717, 1.165) is 37.6 Å². The van der Waals surface area contributed by atoms with Crippen molar-refractivity contribution in [3.63, 3.8) is 0 Å². The molecule has 1 aliphatic heterocycles. The first kappa shape index (κ1) is 24.0. The van der Waals surface area contributed by atoms with Crippen molar-refractivity contribution in [2.24, 2.45) is 4.99 Å².